The van der Waals surface area contributed by atoms with Crippen LogP contribution in [0.3, 0.4) is 0 Å². The molecule has 3 aromatic rings. The highest BCUT2D eigenvalue weighted by molar-refractivity contribution is 14.0. The van der Waals surface area contributed by atoms with Gasteiger partial charge in [-0.25, -0.2) is 14.4 Å². The number of halogens is 2. The number of benzene rings is 2. The Bertz CT molecular complexity index is 945. The Hall–Kier alpha value is -2.69. The van der Waals surface area contributed by atoms with Crippen molar-refractivity contribution >= 4 is 29.9 Å². The van der Waals surface area contributed by atoms with E-state index >= 15 is 0 Å². The molecule has 0 fully saturated rings. The summed E-state index contributed by atoms with van der Waals surface area (Å²) >= 11 is 0. The lowest BCUT2D eigenvalue weighted by Crippen LogP contribution is -2.38. The van der Waals surface area contributed by atoms with Gasteiger partial charge in [0.25, 0.3) is 0 Å². The van der Waals surface area contributed by atoms with Crippen molar-refractivity contribution in [3.63, 3.8) is 0 Å². The summed E-state index contributed by atoms with van der Waals surface area (Å²) in [5, 5.41) is 13.6. The molecule has 0 saturated carbocycles. The predicted octanol–water partition coefficient (Wildman–Crippen LogP) is 3.54. The Morgan fingerprint density at radius 1 is 1.13 bits per heavy atom. The first-order valence-corrected chi connectivity index (χ1v) is 9.51. The molecular formula is C21H26FIN6O. The highest BCUT2D eigenvalue weighted by atomic mass is 127. The average Bonchev–Trinajstić information content (AvgIpc) is 3.22. The van der Waals surface area contributed by atoms with Crippen LogP contribution >= 0.6 is 24.0 Å². The molecule has 7 nitrogen and oxygen atoms in total. The molecule has 3 N–H and O–H groups in total. The summed E-state index contributed by atoms with van der Waals surface area (Å²) < 4.78 is 18.9. The van der Waals surface area contributed by atoms with Gasteiger partial charge in [0, 0.05) is 18.7 Å². The number of ether oxygens (including phenoxy) is 1. The molecule has 0 radical (unpaired) electrons. The van der Waals surface area contributed by atoms with Crippen molar-refractivity contribution in [1.29, 1.82) is 0 Å². The molecule has 30 heavy (non-hydrogen) atoms. The van der Waals surface area contributed by atoms with E-state index in [1.807, 2.05) is 37.3 Å². The Morgan fingerprint density at radius 3 is 2.60 bits per heavy atom. The second-order valence-corrected chi connectivity index (χ2v) is 6.30. The summed E-state index contributed by atoms with van der Waals surface area (Å²) in [4.78, 5) is 9.01. The molecule has 2 aromatic carbocycles. The topological polar surface area (TPSA) is 87.2 Å². The minimum Gasteiger partial charge on any atom is -0.497 e. The number of aromatic nitrogens is 3. The molecule has 9 heteroatoms. The summed E-state index contributed by atoms with van der Waals surface area (Å²) in [5.41, 5.74) is 1.57. The summed E-state index contributed by atoms with van der Waals surface area (Å²) in [6.07, 6.45) is 0.570. The molecule has 0 amide bonds. The average molecular weight is 524 g/mol. The normalized spacial score (nSPS) is 11.0. The maximum atomic E-state index is 13.7. The van der Waals surface area contributed by atoms with Gasteiger partial charge in [-0.05, 0) is 49.2 Å². The number of methoxy groups -OCH3 is 1. The second kappa shape index (κ2) is 12.1. The van der Waals surface area contributed by atoms with E-state index in [2.05, 4.69) is 30.8 Å². The zero-order valence-electron chi connectivity index (χ0n) is 17.0. The molecule has 0 saturated heterocycles. The molecule has 0 unspecified atom stereocenters. The van der Waals surface area contributed by atoms with Crippen LogP contribution in [0.5, 0.6) is 5.75 Å². The molecule has 0 atom stereocenters. The SMILES string of the molecule is CCNC(=NCc1nc(-c2ccc(OC)cc2)n[nH]1)NCCc1ccccc1F.I. The van der Waals surface area contributed by atoms with E-state index in [1.54, 1.807) is 19.2 Å². The van der Waals surface area contributed by atoms with Gasteiger partial charge in [0.15, 0.2) is 11.8 Å². The zero-order chi connectivity index (χ0) is 20.5. The Kier molecular flexibility index (Phi) is 9.52. The molecular weight excluding hydrogens is 498 g/mol. The Morgan fingerprint density at radius 2 is 1.90 bits per heavy atom. The molecule has 1 heterocycles. The van der Waals surface area contributed by atoms with Crippen molar-refractivity contribution in [2.75, 3.05) is 20.2 Å². The van der Waals surface area contributed by atoms with Crippen LogP contribution in [0, 0.1) is 5.82 Å². The number of hydrogen-bond acceptors (Lipinski definition) is 4. The van der Waals surface area contributed by atoms with E-state index in [4.69, 9.17) is 4.74 Å². The van der Waals surface area contributed by atoms with Crippen molar-refractivity contribution in [1.82, 2.24) is 25.8 Å². The number of H-pyrrole nitrogens is 1. The summed E-state index contributed by atoms with van der Waals surface area (Å²) in [5.74, 6) is 2.50. The van der Waals surface area contributed by atoms with Crippen LogP contribution in [-0.4, -0.2) is 41.3 Å². The highest BCUT2D eigenvalue weighted by Gasteiger charge is 2.07. The lowest BCUT2D eigenvalue weighted by Gasteiger charge is -2.11. The number of nitrogens with one attached hydrogen (secondary N) is 3. The van der Waals surface area contributed by atoms with Gasteiger partial charge >= 0.3 is 0 Å². The number of aliphatic imine (C=N–C) groups is 1. The fourth-order valence-corrected chi connectivity index (χ4v) is 2.75. The quantitative estimate of drug-likeness (QED) is 0.239. The fraction of sp³-hybridized carbons (Fsp3) is 0.286. The van der Waals surface area contributed by atoms with Gasteiger partial charge in [0.1, 0.15) is 23.9 Å². The number of guanidine groups is 1. The van der Waals surface area contributed by atoms with Crippen molar-refractivity contribution in [3.05, 3.63) is 65.7 Å². The minimum absolute atomic E-state index is 0. The van der Waals surface area contributed by atoms with Crippen LogP contribution in [0.2, 0.25) is 0 Å². The summed E-state index contributed by atoms with van der Waals surface area (Å²) in [6, 6.07) is 14.3. The monoisotopic (exact) mass is 524 g/mol. The van der Waals surface area contributed by atoms with Crippen LogP contribution < -0.4 is 15.4 Å². The van der Waals surface area contributed by atoms with Gasteiger partial charge in [-0.1, -0.05) is 18.2 Å². The first kappa shape index (κ1) is 23.6. The number of hydrogen-bond donors (Lipinski definition) is 3. The predicted molar refractivity (Wildman–Crippen MR) is 127 cm³/mol. The van der Waals surface area contributed by atoms with Gasteiger partial charge in [-0.2, -0.15) is 5.10 Å². The molecule has 0 aliphatic rings. The highest BCUT2D eigenvalue weighted by Crippen LogP contribution is 2.19. The molecule has 160 valence electrons. The van der Waals surface area contributed by atoms with Gasteiger partial charge in [0.05, 0.1) is 7.11 Å². The molecule has 0 bridgehead atoms. The molecule has 0 aliphatic carbocycles. The fourth-order valence-electron chi connectivity index (χ4n) is 2.75. The molecule has 1 aromatic heterocycles. The minimum atomic E-state index is -0.191. The van der Waals surface area contributed by atoms with E-state index in [0.717, 1.165) is 17.9 Å². The van der Waals surface area contributed by atoms with Gasteiger partial charge < -0.3 is 15.4 Å². The van der Waals surface area contributed by atoms with Gasteiger partial charge in [0.2, 0.25) is 0 Å². The van der Waals surface area contributed by atoms with Crippen molar-refractivity contribution in [2.24, 2.45) is 4.99 Å². The number of rotatable bonds is 8. The summed E-state index contributed by atoms with van der Waals surface area (Å²) in [6.45, 7) is 3.63. The van der Waals surface area contributed by atoms with E-state index in [9.17, 15) is 4.39 Å². The second-order valence-electron chi connectivity index (χ2n) is 6.30. The van der Waals surface area contributed by atoms with E-state index < -0.39 is 0 Å². The zero-order valence-corrected chi connectivity index (χ0v) is 19.3. The van der Waals surface area contributed by atoms with Crippen LogP contribution in [0.4, 0.5) is 4.39 Å². The Labute approximate surface area is 192 Å². The third-order valence-corrected chi connectivity index (χ3v) is 4.26. The van der Waals surface area contributed by atoms with E-state index in [0.29, 0.717) is 42.7 Å². The van der Waals surface area contributed by atoms with Crippen molar-refractivity contribution < 1.29 is 9.13 Å². The third-order valence-electron chi connectivity index (χ3n) is 4.26. The first-order valence-electron chi connectivity index (χ1n) is 9.51. The maximum absolute atomic E-state index is 13.7. The van der Waals surface area contributed by atoms with E-state index in [-0.39, 0.29) is 29.8 Å². The first-order chi connectivity index (χ1) is 14.2. The van der Waals surface area contributed by atoms with Gasteiger partial charge in [-0.3, -0.25) is 5.10 Å². The summed E-state index contributed by atoms with van der Waals surface area (Å²) in [7, 11) is 1.63. The lowest BCUT2D eigenvalue weighted by atomic mass is 10.1. The van der Waals surface area contributed by atoms with Crippen LogP contribution in [0.1, 0.15) is 18.3 Å². The van der Waals surface area contributed by atoms with Crippen molar-refractivity contribution in [2.45, 2.75) is 19.9 Å². The standard InChI is InChI=1S/C21H25FN6O.HI/c1-3-23-21(24-13-12-15-6-4-5-7-18(15)22)25-14-19-26-20(28-27-19)16-8-10-17(29-2)11-9-16;/h4-11H,3,12-14H2,1-2H3,(H2,23,24,25)(H,26,27,28);1H. The number of nitrogens with zero attached hydrogens (tertiary/aromatic N) is 3. The van der Waals surface area contributed by atoms with Crippen molar-refractivity contribution in [3.8, 4) is 17.1 Å². The lowest BCUT2D eigenvalue weighted by molar-refractivity contribution is 0.415. The Balaban J connectivity index is 0.00000320. The van der Waals surface area contributed by atoms with Crippen LogP contribution in [0.25, 0.3) is 11.4 Å². The van der Waals surface area contributed by atoms with Gasteiger partial charge in [-0.15, -0.1) is 24.0 Å². The smallest absolute Gasteiger partial charge is 0.191 e. The van der Waals surface area contributed by atoms with Crippen LogP contribution in [0.15, 0.2) is 53.5 Å². The molecule has 0 spiro atoms. The molecule has 3 rings (SSSR count). The third kappa shape index (κ3) is 6.68. The van der Waals surface area contributed by atoms with Crippen LogP contribution in [-0.2, 0) is 13.0 Å². The largest absolute Gasteiger partial charge is 0.497 e. The molecule has 0 aliphatic heterocycles. The van der Waals surface area contributed by atoms with E-state index in [1.165, 1.54) is 6.07 Å². The number of aromatic amines is 1. The maximum Gasteiger partial charge on any atom is 0.191 e.